The molecule has 0 saturated heterocycles. The molecule has 1 aromatic heterocycles. The molecular weight excluding hydrogens is 151 g/mol. The van der Waals surface area contributed by atoms with Crippen molar-refractivity contribution in [3.63, 3.8) is 0 Å². The van der Waals surface area contributed by atoms with Crippen LogP contribution in [0.4, 0.5) is 0 Å². The van der Waals surface area contributed by atoms with Crippen molar-refractivity contribution in [1.29, 1.82) is 0 Å². The summed E-state index contributed by atoms with van der Waals surface area (Å²) in [5.41, 5.74) is 0.585. The monoisotopic (exact) mass is 166 g/mol. The second-order valence-electron chi connectivity index (χ2n) is 3.85. The van der Waals surface area contributed by atoms with E-state index in [2.05, 4.69) is 24.9 Å². The van der Waals surface area contributed by atoms with E-state index in [0.29, 0.717) is 5.41 Å². The Balaban J connectivity index is 2.27. The van der Waals surface area contributed by atoms with Gasteiger partial charge in [0.15, 0.2) is 0 Å². The van der Waals surface area contributed by atoms with Gasteiger partial charge in [0, 0.05) is 0 Å². The van der Waals surface area contributed by atoms with Crippen LogP contribution in [0.5, 0.6) is 0 Å². The van der Waals surface area contributed by atoms with Crippen LogP contribution in [0.1, 0.15) is 37.9 Å². The molecule has 1 aromatic rings. The molecule has 60 valence electrons. The molecule has 0 aliphatic heterocycles. The van der Waals surface area contributed by atoms with Crippen LogP contribution in [-0.4, -0.2) is 0 Å². The van der Waals surface area contributed by atoms with Gasteiger partial charge in [0.2, 0.25) is 0 Å². The van der Waals surface area contributed by atoms with E-state index in [1.165, 1.54) is 25.7 Å². The van der Waals surface area contributed by atoms with Crippen molar-refractivity contribution >= 4 is 8.19 Å². The summed E-state index contributed by atoms with van der Waals surface area (Å²) in [6.07, 6.45) is 5.73. The molecule has 11 heavy (non-hydrogen) atoms. The molecule has 2 rings (SSSR count). The summed E-state index contributed by atoms with van der Waals surface area (Å²) >= 11 is 0. The molecule has 1 atom stereocenters. The summed E-state index contributed by atoms with van der Waals surface area (Å²) in [6.45, 7) is 2.44. The zero-order valence-electron chi connectivity index (χ0n) is 7.06. The SMILES string of the molecule is CC1(c2ccc[pH]2)CCCC1. The van der Waals surface area contributed by atoms with E-state index in [4.69, 9.17) is 0 Å². The Labute approximate surface area is 70.1 Å². The van der Waals surface area contributed by atoms with Crippen LogP contribution >= 0.6 is 8.19 Å². The van der Waals surface area contributed by atoms with E-state index in [-0.39, 0.29) is 0 Å². The number of rotatable bonds is 1. The van der Waals surface area contributed by atoms with Crippen LogP contribution in [0, 0.1) is 0 Å². The fourth-order valence-corrected chi connectivity index (χ4v) is 3.29. The number of hydrogen-bond acceptors (Lipinski definition) is 0. The lowest BCUT2D eigenvalue weighted by atomic mass is 9.87. The summed E-state index contributed by atoms with van der Waals surface area (Å²) in [6, 6.07) is 4.56. The lowest BCUT2D eigenvalue weighted by Crippen LogP contribution is -2.13. The van der Waals surface area contributed by atoms with Crippen molar-refractivity contribution in [3.8, 4) is 0 Å². The zero-order valence-corrected chi connectivity index (χ0v) is 8.06. The highest BCUT2D eigenvalue weighted by molar-refractivity contribution is 7.30. The highest BCUT2D eigenvalue weighted by Crippen LogP contribution is 2.43. The molecule has 0 bridgehead atoms. The fraction of sp³-hybridized carbons (Fsp3) is 0.600. The van der Waals surface area contributed by atoms with Gasteiger partial charge in [0.05, 0.1) is 0 Å². The van der Waals surface area contributed by atoms with Crippen molar-refractivity contribution in [1.82, 2.24) is 0 Å². The van der Waals surface area contributed by atoms with Gasteiger partial charge in [-0.05, 0) is 29.4 Å². The van der Waals surface area contributed by atoms with Crippen LogP contribution in [0.2, 0.25) is 0 Å². The Kier molecular flexibility index (Phi) is 1.81. The highest BCUT2D eigenvalue weighted by Gasteiger charge is 2.30. The summed E-state index contributed by atoms with van der Waals surface area (Å²) in [7, 11) is 0.985. The third-order valence-electron chi connectivity index (χ3n) is 2.96. The van der Waals surface area contributed by atoms with Crippen LogP contribution in [-0.2, 0) is 5.41 Å². The Bertz CT molecular complexity index is 217. The maximum atomic E-state index is 2.44. The minimum absolute atomic E-state index is 0.585. The largest absolute Gasteiger partial charge is 0.136 e. The molecule has 1 saturated carbocycles. The Morgan fingerprint density at radius 2 is 2.09 bits per heavy atom. The van der Waals surface area contributed by atoms with Gasteiger partial charge < -0.3 is 0 Å². The average molecular weight is 166 g/mol. The second-order valence-corrected chi connectivity index (χ2v) is 5.01. The molecule has 0 spiro atoms. The predicted octanol–water partition coefficient (Wildman–Crippen LogP) is 3.55. The van der Waals surface area contributed by atoms with Crippen molar-refractivity contribution < 1.29 is 0 Å². The standard InChI is InChI=1S/C10H15P/c1-10(6-2-3-7-10)9-5-4-8-11-9/h4-5,8,11H,2-3,6-7H2,1H3. The first-order chi connectivity index (χ1) is 5.31. The first-order valence-electron chi connectivity index (χ1n) is 4.45. The minimum Gasteiger partial charge on any atom is -0.136 e. The van der Waals surface area contributed by atoms with Crippen LogP contribution in [0.3, 0.4) is 0 Å². The van der Waals surface area contributed by atoms with Crippen molar-refractivity contribution in [2.24, 2.45) is 0 Å². The first-order valence-corrected chi connectivity index (χ1v) is 5.53. The smallest absolute Gasteiger partial charge is 0.00404 e. The fourth-order valence-electron chi connectivity index (χ4n) is 2.13. The second kappa shape index (κ2) is 2.68. The summed E-state index contributed by atoms with van der Waals surface area (Å²) in [5, 5.41) is 1.70. The molecule has 0 radical (unpaired) electrons. The van der Waals surface area contributed by atoms with Gasteiger partial charge in [0.1, 0.15) is 0 Å². The Morgan fingerprint density at radius 3 is 2.64 bits per heavy atom. The predicted molar refractivity (Wildman–Crippen MR) is 51.8 cm³/mol. The van der Waals surface area contributed by atoms with Crippen molar-refractivity contribution in [3.05, 3.63) is 23.2 Å². The molecular formula is C10H15P. The first kappa shape index (κ1) is 7.43. The van der Waals surface area contributed by atoms with E-state index in [1.807, 2.05) is 0 Å². The maximum absolute atomic E-state index is 2.44. The molecule has 0 nitrogen and oxygen atoms in total. The molecule has 0 aromatic carbocycles. The van der Waals surface area contributed by atoms with Crippen LogP contribution < -0.4 is 0 Å². The Morgan fingerprint density at radius 1 is 1.36 bits per heavy atom. The van der Waals surface area contributed by atoms with Gasteiger partial charge in [-0.3, -0.25) is 0 Å². The van der Waals surface area contributed by atoms with E-state index in [0.717, 1.165) is 8.19 Å². The third-order valence-corrected chi connectivity index (χ3v) is 4.40. The summed E-state index contributed by atoms with van der Waals surface area (Å²) in [4.78, 5) is 0. The zero-order chi connectivity index (χ0) is 7.73. The molecule has 1 fully saturated rings. The molecule has 0 N–H and O–H groups in total. The van der Waals surface area contributed by atoms with Crippen LogP contribution in [0.15, 0.2) is 17.9 Å². The average Bonchev–Trinajstić information content (AvgIpc) is 2.55. The topological polar surface area (TPSA) is 0 Å². The maximum Gasteiger partial charge on any atom is -0.00404 e. The van der Waals surface area contributed by atoms with Gasteiger partial charge in [-0.15, -0.1) is 8.19 Å². The van der Waals surface area contributed by atoms with E-state index >= 15 is 0 Å². The quantitative estimate of drug-likeness (QED) is 0.598. The molecule has 1 heteroatoms. The van der Waals surface area contributed by atoms with E-state index in [9.17, 15) is 0 Å². The highest BCUT2D eigenvalue weighted by atomic mass is 31.0. The lowest BCUT2D eigenvalue weighted by molar-refractivity contribution is 0.502. The van der Waals surface area contributed by atoms with E-state index in [1.54, 1.807) is 5.30 Å². The van der Waals surface area contributed by atoms with Gasteiger partial charge >= 0.3 is 0 Å². The minimum atomic E-state index is 0.585. The summed E-state index contributed by atoms with van der Waals surface area (Å²) in [5.74, 6) is 2.30. The van der Waals surface area contributed by atoms with Crippen LogP contribution in [0.25, 0.3) is 0 Å². The van der Waals surface area contributed by atoms with Crippen molar-refractivity contribution in [2.45, 2.75) is 38.0 Å². The molecule has 1 aliphatic carbocycles. The Hall–Kier alpha value is -0.220. The normalized spacial score (nSPS) is 23.0. The molecule has 1 unspecified atom stereocenters. The van der Waals surface area contributed by atoms with Gasteiger partial charge in [-0.1, -0.05) is 31.9 Å². The van der Waals surface area contributed by atoms with Crippen molar-refractivity contribution in [2.75, 3.05) is 0 Å². The van der Waals surface area contributed by atoms with E-state index < -0.39 is 0 Å². The third kappa shape index (κ3) is 1.25. The molecule has 1 aliphatic rings. The molecule has 1 heterocycles. The molecule has 0 amide bonds. The lowest BCUT2D eigenvalue weighted by Gasteiger charge is -2.21. The van der Waals surface area contributed by atoms with Gasteiger partial charge in [-0.2, -0.15) is 0 Å². The van der Waals surface area contributed by atoms with Gasteiger partial charge in [-0.25, -0.2) is 0 Å². The summed E-state index contributed by atoms with van der Waals surface area (Å²) < 4.78 is 0. The van der Waals surface area contributed by atoms with Gasteiger partial charge in [0.25, 0.3) is 0 Å². The number of hydrogen-bond donors (Lipinski definition) is 0.